The van der Waals surface area contributed by atoms with Crippen LogP contribution in [-0.4, -0.2) is 25.0 Å². The third-order valence-electron chi connectivity index (χ3n) is 3.12. The van der Waals surface area contributed by atoms with Crippen molar-refractivity contribution < 1.29 is 4.74 Å². The highest BCUT2D eigenvalue weighted by Crippen LogP contribution is 2.20. The van der Waals surface area contributed by atoms with Gasteiger partial charge in [0.05, 0.1) is 11.9 Å². The Morgan fingerprint density at radius 1 is 0.864 bits per heavy atom. The molecule has 6 heteroatoms. The number of hydrogen-bond acceptors (Lipinski definition) is 5. The molecule has 22 heavy (non-hydrogen) atoms. The van der Waals surface area contributed by atoms with Crippen molar-refractivity contribution in [2.45, 2.75) is 0 Å². The molecule has 2 aromatic heterocycles. The predicted octanol–water partition coefficient (Wildman–Crippen LogP) is 3.00. The highest BCUT2D eigenvalue weighted by molar-refractivity contribution is 5.70. The summed E-state index contributed by atoms with van der Waals surface area (Å²) in [4.78, 5) is 8.57. The molecule has 0 saturated carbocycles. The number of hydrogen-bond donors (Lipinski definition) is 0. The molecule has 6 nitrogen and oxygen atoms in total. The zero-order valence-corrected chi connectivity index (χ0v) is 11.5. The first-order valence-corrected chi connectivity index (χ1v) is 6.77. The summed E-state index contributed by atoms with van der Waals surface area (Å²) in [6.45, 7) is 0. The van der Waals surface area contributed by atoms with Crippen molar-refractivity contribution in [2.75, 3.05) is 0 Å². The zero-order chi connectivity index (χ0) is 14.8. The number of benzene rings is 2. The lowest BCUT2D eigenvalue weighted by Crippen LogP contribution is -1.99. The molecule has 0 unspecified atom stereocenters. The molecule has 4 rings (SSSR count). The third kappa shape index (κ3) is 2.26. The normalized spacial score (nSPS) is 10.7. The van der Waals surface area contributed by atoms with Crippen LogP contribution in [0.2, 0.25) is 0 Å². The van der Waals surface area contributed by atoms with Gasteiger partial charge in [-0.15, -0.1) is 5.10 Å². The number of ether oxygens (including phenoxy) is 1. The van der Waals surface area contributed by atoms with Crippen molar-refractivity contribution >= 4 is 11.2 Å². The van der Waals surface area contributed by atoms with E-state index in [1.165, 1.54) is 0 Å². The van der Waals surface area contributed by atoms with Crippen LogP contribution in [0.4, 0.5) is 0 Å². The van der Waals surface area contributed by atoms with E-state index in [0.29, 0.717) is 16.9 Å². The van der Waals surface area contributed by atoms with Crippen LogP contribution in [0, 0.1) is 0 Å². The maximum Gasteiger partial charge on any atom is 0.324 e. The Hall–Kier alpha value is -3.28. The summed E-state index contributed by atoms with van der Waals surface area (Å²) >= 11 is 0. The van der Waals surface area contributed by atoms with Gasteiger partial charge in [0.1, 0.15) is 5.75 Å². The molecule has 0 saturated heterocycles. The van der Waals surface area contributed by atoms with Crippen LogP contribution in [-0.2, 0) is 0 Å². The van der Waals surface area contributed by atoms with Crippen molar-refractivity contribution in [3.05, 3.63) is 66.9 Å². The molecule has 4 aromatic rings. The third-order valence-corrected chi connectivity index (χ3v) is 3.12. The minimum absolute atomic E-state index is 0.262. The Morgan fingerprint density at radius 2 is 1.59 bits per heavy atom. The molecule has 0 atom stereocenters. The molecule has 0 aliphatic rings. The van der Waals surface area contributed by atoms with Gasteiger partial charge in [-0.1, -0.05) is 41.6 Å². The van der Waals surface area contributed by atoms with E-state index in [2.05, 4.69) is 20.3 Å². The Balaban J connectivity index is 1.77. The molecule has 2 heterocycles. The first-order chi connectivity index (χ1) is 10.9. The van der Waals surface area contributed by atoms with Gasteiger partial charge in [0, 0.05) is 0 Å². The molecular weight excluding hydrogens is 278 g/mol. The van der Waals surface area contributed by atoms with Gasteiger partial charge in [-0.25, -0.2) is 4.98 Å². The van der Waals surface area contributed by atoms with E-state index in [1.807, 2.05) is 60.7 Å². The predicted molar refractivity (Wildman–Crippen MR) is 81.0 cm³/mol. The van der Waals surface area contributed by atoms with Crippen molar-refractivity contribution in [2.24, 2.45) is 0 Å². The number of nitrogens with zero attached hydrogens (tertiary/aromatic N) is 5. The van der Waals surface area contributed by atoms with E-state index < -0.39 is 0 Å². The first-order valence-electron chi connectivity index (χ1n) is 6.77. The Kier molecular flexibility index (Phi) is 2.97. The first kappa shape index (κ1) is 12.5. The molecule has 0 radical (unpaired) electrons. The van der Waals surface area contributed by atoms with Gasteiger partial charge in [-0.3, -0.25) is 0 Å². The largest absolute Gasteiger partial charge is 0.424 e. The van der Waals surface area contributed by atoms with Gasteiger partial charge in [0.15, 0.2) is 11.2 Å². The summed E-state index contributed by atoms with van der Waals surface area (Å²) in [6, 6.07) is 19.4. The average Bonchev–Trinajstić information content (AvgIpc) is 3.00. The summed E-state index contributed by atoms with van der Waals surface area (Å²) in [5.41, 5.74) is 2.10. The van der Waals surface area contributed by atoms with Crippen LogP contribution < -0.4 is 4.74 Å². The van der Waals surface area contributed by atoms with Gasteiger partial charge < -0.3 is 4.74 Å². The molecule has 0 spiro atoms. The second-order valence-corrected chi connectivity index (χ2v) is 4.61. The van der Waals surface area contributed by atoms with E-state index in [0.717, 1.165) is 5.69 Å². The Bertz CT molecular complexity index is 906. The van der Waals surface area contributed by atoms with E-state index in [-0.39, 0.29) is 6.01 Å². The number of para-hydroxylation sites is 2. The molecule has 0 aliphatic heterocycles. The smallest absolute Gasteiger partial charge is 0.324 e. The summed E-state index contributed by atoms with van der Waals surface area (Å²) in [7, 11) is 0. The van der Waals surface area contributed by atoms with Crippen LogP contribution in [0.5, 0.6) is 11.8 Å². The summed E-state index contributed by atoms with van der Waals surface area (Å²) in [5.74, 6) is 0.681. The van der Waals surface area contributed by atoms with Crippen molar-refractivity contribution in [3.8, 4) is 17.4 Å². The van der Waals surface area contributed by atoms with Gasteiger partial charge in [-0.05, 0) is 24.3 Å². The lowest BCUT2D eigenvalue weighted by Gasteiger charge is -2.04. The minimum Gasteiger partial charge on any atom is -0.424 e. The van der Waals surface area contributed by atoms with Crippen LogP contribution in [0.1, 0.15) is 0 Å². The van der Waals surface area contributed by atoms with Gasteiger partial charge >= 0.3 is 6.01 Å². The SMILES string of the molecule is c1ccc(Oc2ncc3nnn(-c4ccccc4)c3n2)cc1. The fourth-order valence-corrected chi connectivity index (χ4v) is 2.10. The highest BCUT2D eigenvalue weighted by atomic mass is 16.5. The Morgan fingerprint density at radius 3 is 2.36 bits per heavy atom. The average molecular weight is 289 g/mol. The lowest BCUT2D eigenvalue weighted by molar-refractivity contribution is 0.443. The van der Waals surface area contributed by atoms with Crippen LogP contribution in [0.3, 0.4) is 0 Å². The topological polar surface area (TPSA) is 65.7 Å². The zero-order valence-electron chi connectivity index (χ0n) is 11.5. The molecular formula is C16H11N5O. The van der Waals surface area contributed by atoms with E-state index in [1.54, 1.807) is 10.9 Å². The summed E-state index contributed by atoms with van der Waals surface area (Å²) in [5, 5.41) is 8.20. The molecule has 0 aliphatic carbocycles. The Labute approximate surface area is 126 Å². The van der Waals surface area contributed by atoms with Gasteiger partial charge in [-0.2, -0.15) is 9.67 Å². The maximum absolute atomic E-state index is 5.66. The quantitative estimate of drug-likeness (QED) is 0.580. The summed E-state index contributed by atoms with van der Waals surface area (Å²) in [6.07, 6.45) is 1.60. The van der Waals surface area contributed by atoms with Crippen LogP contribution in [0.15, 0.2) is 66.9 Å². The highest BCUT2D eigenvalue weighted by Gasteiger charge is 2.10. The lowest BCUT2D eigenvalue weighted by atomic mass is 10.3. The number of fused-ring (bicyclic) bond motifs is 1. The van der Waals surface area contributed by atoms with Crippen LogP contribution >= 0.6 is 0 Å². The van der Waals surface area contributed by atoms with Crippen molar-refractivity contribution in [1.29, 1.82) is 0 Å². The molecule has 0 fully saturated rings. The monoisotopic (exact) mass is 289 g/mol. The molecule has 2 aromatic carbocycles. The van der Waals surface area contributed by atoms with Crippen molar-refractivity contribution in [3.63, 3.8) is 0 Å². The maximum atomic E-state index is 5.66. The minimum atomic E-state index is 0.262. The van der Waals surface area contributed by atoms with E-state index in [4.69, 9.17) is 4.74 Å². The standard InChI is InChI=1S/C16H11N5O/c1-3-7-12(8-4-1)21-15-14(19-20-21)11-17-16(18-15)22-13-9-5-2-6-10-13/h1-11H. The van der Waals surface area contributed by atoms with Crippen molar-refractivity contribution in [1.82, 2.24) is 25.0 Å². The van der Waals surface area contributed by atoms with Crippen LogP contribution in [0.25, 0.3) is 16.9 Å². The molecule has 106 valence electrons. The van der Waals surface area contributed by atoms with E-state index >= 15 is 0 Å². The molecule has 0 N–H and O–H groups in total. The van der Waals surface area contributed by atoms with Gasteiger partial charge in [0.25, 0.3) is 0 Å². The fraction of sp³-hybridized carbons (Fsp3) is 0. The molecule has 0 bridgehead atoms. The molecule has 0 amide bonds. The number of aromatic nitrogens is 5. The van der Waals surface area contributed by atoms with E-state index in [9.17, 15) is 0 Å². The summed E-state index contributed by atoms with van der Waals surface area (Å²) < 4.78 is 7.32. The van der Waals surface area contributed by atoms with Gasteiger partial charge in [0.2, 0.25) is 0 Å². The second-order valence-electron chi connectivity index (χ2n) is 4.61. The second kappa shape index (κ2) is 5.25. The number of rotatable bonds is 3. The fourth-order valence-electron chi connectivity index (χ4n) is 2.10.